The second kappa shape index (κ2) is 9.37. The van der Waals surface area contributed by atoms with Crippen molar-refractivity contribution in [2.45, 2.75) is 11.4 Å². The number of hydrogen-bond donors (Lipinski definition) is 2. The maximum absolute atomic E-state index is 12.7. The first-order valence-electron chi connectivity index (χ1n) is 10.3. The van der Waals surface area contributed by atoms with Crippen molar-refractivity contribution in [3.8, 4) is 17.0 Å². The number of nitrogens with two attached hydrogens (primary N) is 2. The molecule has 0 spiro atoms. The van der Waals surface area contributed by atoms with E-state index in [0.29, 0.717) is 23.9 Å². The summed E-state index contributed by atoms with van der Waals surface area (Å²) in [6.45, 7) is 0.379. The lowest BCUT2D eigenvalue weighted by atomic mass is 10.1. The van der Waals surface area contributed by atoms with Gasteiger partial charge in [0, 0.05) is 28.9 Å². The van der Waals surface area contributed by atoms with E-state index in [0.717, 1.165) is 27.5 Å². The highest BCUT2D eigenvalue weighted by Gasteiger charge is 2.26. The van der Waals surface area contributed by atoms with Crippen molar-refractivity contribution in [1.29, 1.82) is 0 Å². The summed E-state index contributed by atoms with van der Waals surface area (Å²) in [5.74, 6) is 1.13. The standard InChI is InChI=1S/C24H20N6O2S/c25-33-19-6-3-5-17(13-19)28-24-27-11-9-20(29-24)16-7-8-22-21(12-16)30(23(31)15-32-22)14-18-4-1-2-10-26-18/h1-13H,14-15,25H2,(H,27,28,29)/p+1. The Morgan fingerprint density at radius 1 is 1.03 bits per heavy atom. The molecular formula is C24H21N6O2S+. The third-order valence-electron chi connectivity index (χ3n) is 5.21. The maximum Gasteiger partial charge on any atom is 0.331 e. The molecule has 5 rings (SSSR count). The van der Waals surface area contributed by atoms with Gasteiger partial charge in [0.2, 0.25) is 0 Å². The Morgan fingerprint density at radius 3 is 2.82 bits per heavy atom. The molecule has 1 amide bonds. The molecule has 0 saturated carbocycles. The second-order valence-electron chi connectivity index (χ2n) is 7.41. The van der Waals surface area contributed by atoms with Gasteiger partial charge in [0.25, 0.3) is 5.91 Å². The minimum absolute atomic E-state index is 0.00590. The van der Waals surface area contributed by atoms with E-state index >= 15 is 0 Å². The van der Waals surface area contributed by atoms with Gasteiger partial charge in [-0.05, 0) is 60.5 Å². The summed E-state index contributed by atoms with van der Waals surface area (Å²) in [4.78, 5) is 28.8. The van der Waals surface area contributed by atoms with Crippen LogP contribution in [0.25, 0.3) is 11.3 Å². The average molecular weight is 458 g/mol. The summed E-state index contributed by atoms with van der Waals surface area (Å²) in [5.41, 5.74) is 4.08. The summed E-state index contributed by atoms with van der Waals surface area (Å²) in [6, 6.07) is 21.1. The number of aromatic nitrogens is 3. The fourth-order valence-corrected chi connectivity index (χ4v) is 3.98. The highest BCUT2D eigenvalue weighted by Crippen LogP contribution is 2.36. The van der Waals surface area contributed by atoms with Gasteiger partial charge in [-0.1, -0.05) is 12.1 Å². The Kier molecular flexibility index (Phi) is 5.99. The van der Waals surface area contributed by atoms with Gasteiger partial charge in [-0.3, -0.25) is 19.8 Å². The quantitative estimate of drug-likeness (QED) is 0.338. The molecule has 0 bridgehead atoms. The van der Waals surface area contributed by atoms with Crippen molar-refractivity contribution in [1.82, 2.24) is 15.0 Å². The predicted molar refractivity (Wildman–Crippen MR) is 126 cm³/mol. The molecule has 0 aliphatic carbocycles. The minimum atomic E-state index is -0.111. The maximum atomic E-state index is 12.7. The van der Waals surface area contributed by atoms with Gasteiger partial charge in [-0.2, -0.15) is 9.97 Å². The van der Waals surface area contributed by atoms with E-state index in [1.807, 2.05) is 72.0 Å². The lowest BCUT2D eigenvalue weighted by Crippen LogP contribution is -2.72. The number of pyridine rings is 1. The van der Waals surface area contributed by atoms with Crippen LogP contribution < -0.4 is 20.1 Å². The molecule has 1 aliphatic rings. The van der Waals surface area contributed by atoms with Gasteiger partial charge >= 0.3 is 5.95 Å². The lowest BCUT2D eigenvalue weighted by Gasteiger charge is -2.29. The zero-order chi connectivity index (χ0) is 22.6. The molecule has 0 saturated heterocycles. The summed E-state index contributed by atoms with van der Waals surface area (Å²) in [5, 5.41) is 7.57. The SMILES string of the molecule is NSc1cccc([NH2+]c2nccc(-c3ccc4c(c3)N(Cc3ccccn3)C(=O)CO4)n2)c1. The van der Waals surface area contributed by atoms with E-state index in [1.165, 1.54) is 11.9 Å². The fraction of sp³-hybridized carbons (Fsp3) is 0.0833. The van der Waals surface area contributed by atoms with E-state index < -0.39 is 0 Å². The Balaban J connectivity index is 1.45. The number of quaternary nitrogens is 1. The third-order valence-corrected chi connectivity index (χ3v) is 5.73. The normalized spacial score (nSPS) is 12.9. The van der Waals surface area contributed by atoms with Gasteiger partial charge in [-0.25, -0.2) is 5.32 Å². The Labute approximate surface area is 195 Å². The van der Waals surface area contributed by atoms with Gasteiger partial charge in [-0.15, -0.1) is 0 Å². The zero-order valence-corrected chi connectivity index (χ0v) is 18.4. The van der Waals surface area contributed by atoms with Crippen LogP contribution in [0.2, 0.25) is 0 Å². The number of amides is 1. The molecule has 1 aliphatic heterocycles. The first kappa shape index (κ1) is 21.1. The third kappa shape index (κ3) is 4.70. The molecule has 8 nitrogen and oxygen atoms in total. The van der Waals surface area contributed by atoms with Gasteiger partial charge in [0.05, 0.1) is 23.6 Å². The van der Waals surface area contributed by atoms with Crippen LogP contribution in [0.4, 0.5) is 17.3 Å². The molecule has 4 aromatic rings. The van der Waals surface area contributed by atoms with Crippen molar-refractivity contribution in [3.05, 3.63) is 84.8 Å². The molecule has 0 atom stereocenters. The van der Waals surface area contributed by atoms with E-state index in [1.54, 1.807) is 17.3 Å². The Hall–Kier alpha value is -3.79. The summed E-state index contributed by atoms with van der Waals surface area (Å²) in [7, 11) is 0. The predicted octanol–water partition coefficient (Wildman–Crippen LogP) is 2.96. The molecule has 4 N–H and O–H groups in total. The van der Waals surface area contributed by atoms with Crippen LogP contribution in [-0.4, -0.2) is 27.5 Å². The van der Waals surface area contributed by atoms with Crippen molar-refractivity contribution in [2.75, 3.05) is 11.5 Å². The van der Waals surface area contributed by atoms with Crippen LogP contribution in [0.1, 0.15) is 5.69 Å². The first-order chi connectivity index (χ1) is 16.2. The minimum Gasteiger partial charge on any atom is -0.482 e. The summed E-state index contributed by atoms with van der Waals surface area (Å²) >= 11 is 1.20. The van der Waals surface area contributed by atoms with Crippen LogP contribution in [-0.2, 0) is 11.3 Å². The summed E-state index contributed by atoms with van der Waals surface area (Å²) in [6.07, 6.45) is 3.45. The highest BCUT2D eigenvalue weighted by atomic mass is 32.2. The molecule has 0 unspecified atom stereocenters. The molecule has 2 aromatic carbocycles. The van der Waals surface area contributed by atoms with Crippen LogP contribution in [0.15, 0.2) is 84.0 Å². The lowest BCUT2D eigenvalue weighted by molar-refractivity contribution is -0.487. The number of anilines is 1. The van der Waals surface area contributed by atoms with Crippen molar-refractivity contribution >= 4 is 35.2 Å². The van der Waals surface area contributed by atoms with Crippen LogP contribution >= 0.6 is 11.9 Å². The summed E-state index contributed by atoms with van der Waals surface area (Å²) < 4.78 is 5.66. The molecule has 0 fully saturated rings. The molecule has 9 heteroatoms. The Bertz CT molecular complexity index is 1300. The molecule has 0 radical (unpaired) electrons. The van der Waals surface area contributed by atoms with Gasteiger partial charge < -0.3 is 4.74 Å². The number of nitrogens with zero attached hydrogens (tertiary/aromatic N) is 4. The second-order valence-corrected chi connectivity index (χ2v) is 8.11. The van der Waals surface area contributed by atoms with Gasteiger partial charge in [0.1, 0.15) is 11.4 Å². The fourth-order valence-electron chi connectivity index (χ4n) is 3.62. The smallest absolute Gasteiger partial charge is 0.331 e. The van der Waals surface area contributed by atoms with Gasteiger partial charge in [0.15, 0.2) is 6.61 Å². The zero-order valence-electron chi connectivity index (χ0n) is 17.6. The van der Waals surface area contributed by atoms with Crippen molar-refractivity contribution < 1.29 is 14.8 Å². The molecule has 2 aromatic heterocycles. The van der Waals surface area contributed by atoms with Crippen molar-refractivity contribution in [3.63, 3.8) is 0 Å². The molecule has 33 heavy (non-hydrogen) atoms. The highest BCUT2D eigenvalue weighted by molar-refractivity contribution is 7.97. The van der Waals surface area contributed by atoms with Crippen LogP contribution in [0.3, 0.4) is 0 Å². The van der Waals surface area contributed by atoms with E-state index in [4.69, 9.17) is 14.9 Å². The van der Waals surface area contributed by atoms with Crippen LogP contribution in [0.5, 0.6) is 5.75 Å². The number of rotatable bonds is 6. The Morgan fingerprint density at radius 2 is 1.97 bits per heavy atom. The largest absolute Gasteiger partial charge is 0.482 e. The number of carbonyl (C=O) groups excluding carboxylic acids is 1. The number of ether oxygens (including phenoxy) is 1. The monoisotopic (exact) mass is 457 g/mol. The van der Waals surface area contributed by atoms with Crippen LogP contribution in [0, 0.1) is 0 Å². The number of fused-ring (bicyclic) bond motifs is 1. The first-order valence-corrected chi connectivity index (χ1v) is 11.2. The number of hydrogen-bond acceptors (Lipinski definition) is 7. The van der Waals surface area contributed by atoms with E-state index in [-0.39, 0.29) is 12.5 Å². The molecular weight excluding hydrogens is 436 g/mol. The average Bonchev–Trinajstić information content (AvgIpc) is 2.86. The molecule has 3 heterocycles. The van der Waals surface area contributed by atoms with E-state index in [2.05, 4.69) is 9.97 Å². The van der Waals surface area contributed by atoms with Crippen molar-refractivity contribution in [2.24, 2.45) is 5.14 Å². The number of carbonyl (C=O) groups is 1. The van der Waals surface area contributed by atoms with E-state index in [9.17, 15) is 4.79 Å². The topological polar surface area (TPSA) is 111 Å². The number of benzene rings is 2. The molecule has 164 valence electrons.